The number of anilines is 1. The summed E-state index contributed by atoms with van der Waals surface area (Å²) in [6.45, 7) is 2.41. The Balaban J connectivity index is 1.73. The highest BCUT2D eigenvalue weighted by Crippen LogP contribution is 2.30. The molecule has 1 aromatic rings. The van der Waals surface area contributed by atoms with E-state index < -0.39 is 0 Å². The van der Waals surface area contributed by atoms with E-state index in [0.717, 1.165) is 13.1 Å². The fraction of sp³-hybridized carbons (Fsp3) is 0.462. The number of amidine groups is 1. The van der Waals surface area contributed by atoms with E-state index in [4.69, 9.17) is 5.73 Å². The monoisotopic (exact) mass is 230 g/mol. The van der Waals surface area contributed by atoms with Crippen LogP contribution in [0.3, 0.4) is 0 Å². The molecule has 0 atom stereocenters. The van der Waals surface area contributed by atoms with Crippen LogP contribution in [0.1, 0.15) is 18.4 Å². The van der Waals surface area contributed by atoms with Crippen molar-refractivity contribution in [1.29, 1.82) is 0 Å². The fourth-order valence-electron chi connectivity index (χ4n) is 2.08. The first-order valence-electron chi connectivity index (χ1n) is 6.24. The second-order valence-electron chi connectivity index (χ2n) is 4.68. The zero-order chi connectivity index (χ0) is 11.7. The number of nitrogens with one attached hydrogen (secondary N) is 1. The van der Waals surface area contributed by atoms with Crippen molar-refractivity contribution in [2.24, 2.45) is 16.6 Å². The molecule has 3 rings (SSSR count). The van der Waals surface area contributed by atoms with Crippen molar-refractivity contribution in [3.8, 4) is 0 Å². The minimum atomic E-state index is 0.600. The van der Waals surface area contributed by atoms with Gasteiger partial charge in [0.25, 0.3) is 0 Å². The van der Waals surface area contributed by atoms with E-state index in [0.29, 0.717) is 12.5 Å². The average Bonchev–Trinajstić information content (AvgIpc) is 3.23. The van der Waals surface area contributed by atoms with Gasteiger partial charge in [-0.3, -0.25) is 15.4 Å². The molecule has 17 heavy (non-hydrogen) atoms. The summed E-state index contributed by atoms with van der Waals surface area (Å²) in [7, 11) is 0. The van der Waals surface area contributed by atoms with Crippen LogP contribution in [0.15, 0.2) is 29.3 Å². The predicted octanol–water partition coefficient (Wildman–Crippen LogP) is 1.28. The lowest BCUT2D eigenvalue weighted by Crippen LogP contribution is -2.48. The van der Waals surface area contributed by atoms with Crippen LogP contribution in [0.5, 0.6) is 0 Å². The largest absolute Gasteiger partial charge is 0.326 e. The van der Waals surface area contributed by atoms with Crippen LogP contribution in [0.25, 0.3) is 0 Å². The molecule has 0 amide bonds. The third-order valence-corrected chi connectivity index (χ3v) is 3.30. The van der Waals surface area contributed by atoms with Gasteiger partial charge in [0.1, 0.15) is 5.84 Å². The quantitative estimate of drug-likeness (QED) is 0.822. The van der Waals surface area contributed by atoms with Crippen molar-refractivity contribution in [2.75, 3.05) is 18.1 Å². The van der Waals surface area contributed by atoms with E-state index in [1.54, 1.807) is 0 Å². The maximum absolute atomic E-state index is 5.60. The molecule has 0 spiro atoms. The standard InChI is InChI=1S/C13H18N4/c14-9-10-1-5-12(6-2-10)17-8-7-15-13(16-17)11-3-4-11/h1-2,5-6,11H,3-4,7-9,14H2,(H,15,16). The molecule has 0 saturated heterocycles. The van der Waals surface area contributed by atoms with Gasteiger partial charge in [-0.15, -0.1) is 0 Å². The van der Waals surface area contributed by atoms with Crippen LogP contribution in [0.2, 0.25) is 0 Å². The van der Waals surface area contributed by atoms with Gasteiger partial charge in [-0.05, 0) is 30.5 Å². The SMILES string of the molecule is NCc1ccc(N2CCN=C(C3CC3)N2)cc1. The van der Waals surface area contributed by atoms with Gasteiger partial charge in [0, 0.05) is 12.5 Å². The molecular weight excluding hydrogens is 212 g/mol. The lowest BCUT2D eigenvalue weighted by molar-refractivity contribution is 0.701. The highest BCUT2D eigenvalue weighted by molar-refractivity contribution is 5.88. The molecule has 1 aromatic carbocycles. The number of nitrogens with two attached hydrogens (primary N) is 1. The molecule has 1 fully saturated rings. The minimum absolute atomic E-state index is 0.600. The maximum atomic E-state index is 5.60. The molecule has 1 aliphatic heterocycles. The number of benzene rings is 1. The van der Waals surface area contributed by atoms with Gasteiger partial charge in [0.05, 0.1) is 18.8 Å². The molecule has 2 aliphatic rings. The van der Waals surface area contributed by atoms with Crippen molar-refractivity contribution in [3.63, 3.8) is 0 Å². The molecule has 90 valence electrons. The van der Waals surface area contributed by atoms with Crippen molar-refractivity contribution >= 4 is 11.5 Å². The van der Waals surface area contributed by atoms with Crippen LogP contribution in [0.4, 0.5) is 5.69 Å². The second-order valence-corrected chi connectivity index (χ2v) is 4.68. The average molecular weight is 230 g/mol. The minimum Gasteiger partial charge on any atom is -0.326 e. The van der Waals surface area contributed by atoms with E-state index in [1.165, 1.54) is 29.9 Å². The molecule has 4 heteroatoms. The first-order valence-corrected chi connectivity index (χ1v) is 6.24. The summed E-state index contributed by atoms with van der Waals surface area (Å²) < 4.78 is 0. The van der Waals surface area contributed by atoms with E-state index in [2.05, 4.69) is 39.7 Å². The van der Waals surface area contributed by atoms with Crippen molar-refractivity contribution in [1.82, 2.24) is 5.43 Å². The summed E-state index contributed by atoms with van der Waals surface area (Å²) in [5.74, 6) is 1.85. The third-order valence-electron chi connectivity index (χ3n) is 3.30. The Hall–Kier alpha value is -1.55. The lowest BCUT2D eigenvalue weighted by atomic mass is 10.2. The highest BCUT2D eigenvalue weighted by Gasteiger charge is 2.30. The Kier molecular flexibility index (Phi) is 2.73. The Labute approximate surface area is 101 Å². The van der Waals surface area contributed by atoms with Crippen LogP contribution >= 0.6 is 0 Å². The summed E-state index contributed by atoms with van der Waals surface area (Å²) in [5.41, 5.74) is 11.4. The van der Waals surface area contributed by atoms with E-state index in [1.807, 2.05) is 0 Å². The second kappa shape index (κ2) is 4.37. The molecule has 0 unspecified atom stereocenters. The molecule has 4 nitrogen and oxygen atoms in total. The number of rotatable bonds is 3. The van der Waals surface area contributed by atoms with Gasteiger partial charge in [-0.2, -0.15) is 0 Å². The van der Waals surface area contributed by atoms with Crippen molar-refractivity contribution in [3.05, 3.63) is 29.8 Å². The van der Waals surface area contributed by atoms with E-state index >= 15 is 0 Å². The fourth-order valence-corrected chi connectivity index (χ4v) is 2.08. The number of aliphatic imine (C=N–C) groups is 1. The van der Waals surface area contributed by atoms with Gasteiger partial charge < -0.3 is 5.73 Å². The van der Waals surface area contributed by atoms with Crippen LogP contribution in [-0.2, 0) is 6.54 Å². The summed E-state index contributed by atoms with van der Waals surface area (Å²) in [4.78, 5) is 4.54. The molecule has 0 bridgehead atoms. The number of hydrogen-bond donors (Lipinski definition) is 2. The molecule has 1 aliphatic carbocycles. The normalized spacial score (nSPS) is 19.8. The Morgan fingerprint density at radius 1 is 1.29 bits per heavy atom. The van der Waals surface area contributed by atoms with E-state index in [-0.39, 0.29) is 0 Å². The van der Waals surface area contributed by atoms with Gasteiger partial charge >= 0.3 is 0 Å². The van der Waals surface area contributed by atoms with Gasteiger partial charge in [0.15, 0.2) is 0 Å². The van der Waals surface area contributed by atoms with Crippen LogP contribution < -0.4 is 16.2 Å². The van der Waals surface area contributed by atoms with Gasteiger partial charge in [-0.1, -0.05) is 12.1 Å². The summed E-state index contributed by atoms with van der Waals surface area (Å²) in [6, 6.07) is 8.40. The predicted molar refractivity (Wildman–Crippen MR) is 69.8 cm³/mol. The molecule has 3 N–H and O–H groups in total. The first kappa shape index (κ1) is 10.6. The zero-order valence-electron chi connectivity index (χ0n) is 9.89. The molecule has 1 heterocycles. The van der Waals surface area contributed by atoms with E-state index in [9.17, 15) is 0 Å². The Morgan fingerprint density at radius 2 is 2.06 bits per heavy atom. The number of hydrazine groups is 1. The Bertz CT molecular complexity index is 420. The maximum Gasteiger partial charge on any atom is 0.118 e. The van der Waals surface area contributed by atoms with Crippen LogP contribution in [0, 0.1) is 5.92 Å². The molecule has 0 aromatic heterocycles. The summed E-state index contributed by atoms with van der Waals surface area (Å²) in [6.07, 6.45) is 2.57. The lowest BCUT2D eigenvalue weighted by Gasteiger charge is -2.30. The molecule has 0 radical (unpaired) electrons. The van der Waals surface area contributed by atoms with Crippen LogP contribution in [-0.4, -0.2) is 18.9 Å². The van der Waals surface area contributed by atoms with Gasteiger partial charge in [0.2, 0.25) is 0 Å². The smallest absolute Gasteiger partial charge is 0.118 e. The van der Waals surface area contributed by atoms with Crippen molar-refractivity contribution < 1.29 is 0 Å². The van der Waals surface area contributed by atoms with Crippen molar-refractivity contribution in [2.45, 2.75) is 19.4 Å². The molecular formula is C13H18N4. The highest BCUT2D eigenvalue weighted by atomic mass is 15.5. The summed E-state index contributed by atoms with van der Waals surface area (Å²) >= 11 is 0. The molecule has 1 saturated carbocycles. The first-order chi connectivity index (χ1) is 8.36. The third kappa shape index (κ3) is 2.26. The number of nitrogens with zero attached hydrogens (tertiary/aromatic N) is 2. The topological polar surface area (TPSA) is 53.6 Å². The number of hydrogen-bond acceptors (Lipinski definition) is 4. The Morgan fingerprint density at radius 3 is 2.71 bits per heavy atom. The summed E-state index contributed by atoms with van der Waals surface area (Å²) in [5, 5.41) is 2.18. The van der Waals surface area contributed by atoms with Gasteiger partial charge in [-0.25, -0.2) is 0 Å². The zero-order valence-corrected chi connectivity index (χ0v) is 9.89.